The van der Waals surface area contributed by atoms with E-state index in [2.05, 4.69) is 10.4 Å². The van der Waals surface area contributed by atoms with Crippen LogP contribution in [0.3, 0.4) is 0 Å². The number of amides is 1. The highest BCUT2D eigenvalue weighted by molar-refractivity contribution is 6.33. The molecule has 2 aromatic rings. The van der Waals surface area contributed by atoms with E-state index in [9.17, 15) is 22.8 Å². The number of aromatic nitrogens is 2. The van der Waals surface area contributed by atoms with E-state index in [0.717, 1.165) is 41.4 Å². The first-order valence-electron chi connectivity index (χ1n) is 7.94. The second-order valence-electron chi connectivity index (χ2n) is 6.17. The standard InChI is InChI=1S/C17H15ClF3N3O2/c1-9(24-15(25)7-6-13(23-24)10-2-3-10)16(26)22-14-8-11(17(19,20)21)4-5-12(14)18/h4-10H,2-3H2,1H3,(H,22,26). The fraction of sp³-hybridized carbons (Fsp3) is 0.353. The molecule has 1 aromatic heterocycles. The van der Waals surface area contributed by atoms with Crippen LogP contribution in [0.4, 0.5) is 18.9 Å². The molecule has 1 aliphatic carbocycles. The Morgan fingerprint density at radius 3 is 2.62 bits per heavy atom. The Hall–Kier alpha value is -2.35. The SMILES string of the molecule is CC(C(=O)Nc1cc(C(F)(F)F)ccc1Cl)n1nc(C2CC2)ccc1=O. The summed E-state index contributed by atoms with van der Waals surface area (Å²) < 4.78 is 39.5. The van der Waals surface area contributed by atoms with Crippen molar-refractivity contribution in [2.24, 2.45) is 0 Å². The number of carbonyl (C=O) groups is 1. The van der Waals surface area contributed by atoms with E-state index < -0.39 is 29.2 Å². The third-order valence-electron chi connectivity index (χ3n) is 4.14. The van der Waals surface area contributed by atoms with Gasteiger partial charge < -0.3 is 5.32 Å². The van der Waals surface area contributed by atoms with Gasteiger partial charge in [-0.25, -0.2) is 4.68 Å². The Kier molecular flexibility index (Phi) is 4.79. The zero-order valence-corrected chi connectivity index (χ0v) is 14.4. The van der Waals surface area contributed by atoms with Gasteiger partial charge in [0.05, 0.1) is 22.0 Å². The van der Waals surface area contributed by atoms with Crippen molar-refractivity contribution in [1.29, 1.82) is 0 Å². The first-order valence-corrected chi connectivity index (χ1v) is 8.32. The van der Waals surface area contributed by atoms with Crippen LogP contribution in [-0.2, 0) is 11.0 Å². The number of carbonyl (C=O) groups excluding carboxylic acids is 1. The summed E-state index contributed by atoms with van der Waals surface area (Å²) in [6.07, 6.45) is -2.61. The van der Waals surface area contributed by atoms with Gasteiger partial charge in [-0.2, -0.15) is 18.3 Å². The van der Waals surface area contributed by atoms with Gasteiger partial charge in [-0.3, -0.25) is 9.59 Å². The van der Waals surface area contributed by atoms with Crippen LogP contribution in [0, 0.1) is 0 Å². The molecule has 0 saturated heterocycles. The monoisotopic (exact) mass is 385 g/mol. The first kappa shape index (κ1) is 18.4. The van der Waals surface area contributed by atoms with Crippen LogP contribution >= 0.6 is 11.6 Å². The summed E-state index contributed by atoms with van der Waals surface area (Å²) in [6, 6.07) is 4.60. The molecule has 9 heteroatoms. The van der Waals surface area contributed by atoms with E-state index >= 15 is 0 Å². The summed E-state index contributed by atoms with van der Waals surface area (Å²) >= 11 is 5.88. The second kappa shape index (κ2) is 6.75. The zero-order chi connectivity index (χ0) is 19.1. The van der Waals surface area contributed by atoms with Gasteiger partial charge in [0.25, 0.3) is 5.56 Å². The normalized spacial score (nSPS) is 15.6. The van der Waals surface area contributed by atoms with E-state index in [4.69, 9.17) is 11.6 Å². The minimum Gasteiger partial charge on any atom is -0.323 e. The topological polar surface area (TPSA) is 64.0 Å². The number of hydrogen-bond acceptors (Lipinski definition) is 3. The van der Waals surface area contributed by atoms with Crippen LogP contribution in [0.2, 0.25) is 5.02 Å². The lowest BCUT2D eigenvalue weighted by molar-refractivity contribution is -0.137. The highest BCUT2D eigenvalue weighted by Gasteiger charge is 2.31. The molecule has 0 spiro atoms. The van der Waals surface area contributed by atoms with Crippen molar-refractivity contribution in [2.45, 2.75) is 37.9 Å². The van der Waals surface area contributed by atoms with Crippen LogP contribution in [0.25, 0.3) is 0 Å². The molecule has 0 radical (unpaired) electrons. The van der Waals surface area contributed by atoms with E-state index in [-0.39, 0.29) is 16.6 Å². The van der Waals surface area contributed by atoms with Gasteiger partial charge in [0.2, 0.25) is 5.91 Å². The number of hydrogen-bond donors (Lipinski definition) is 1. The van der Waals surface area contributed by atoms with Crippen molar-refractivity contribution in [2.75, 3.05) is 5.32 Å². The second-order valence-corrected chi connectivity index (χ2v) is 6.58. The summed E-state index contributed by atoms with van der Waals surface area (Å²) in [5.74, 6) is -0.399. The van der Waals surface area contributed by atoms with Crippen LogP contribution in [0.5, 0.6) is 0 Å². The molecule has 3 rings (SSSR count). The minimum absolute atomic E-state index is 0.0365. The Bertz CT molecular complexity index is 907. The molecule has 1 N–H and O–H groups in total. The Morgan fingerprint density at radius 1 is 1.31 bits per heavy atom. The third kappa shape index (κ3) is 3.90. The molecule has 0 bridgehead atoms. The van der Waals surface area contributed by atoms with Crippen LogP contribution < -0.4 is 10.9 Å². The number of benzene rings is 1. The predicted octanol–water partition coefficient (Wildman–Crippen LogP) is 3.99. The molecule has 1 atom stereocenters. The maximum atomic E-state index is 12.8. The summed E-state index contributed by atoms with van der Waals surface area (Å²) in [7, 11) is 0. The summed E-state index contributed by atoms with van der Waals surface area (Å²) in [5, 5.41) is 6.51. The maximum absolute atomic E-state index is 12.8. The van der Waals surface area contributed by atoms with Gasteiger partial charge >= 0.3 is 6.18 Å². The lowest BCUT2D eigenvalue weighted by Gasteiger charge is -2.16. The third-order valence-corrected chi connectivity index (χ3v) is 4.47. The Morgan fingerprint density at radius 2 is 2.00 bits per heavy atom. The van der Waals surface area contributed by atoms with Crippen molar-refractivity contribution in [1.82, 2.24) is 9.78 Å². The molecule has 1 heterocycles. The molecule has 1 unspecified atom stereocenters. The number of nitrogens with one attached hydrogen (secondary N) is 1. The lowest BCUT2D eigenvalue weighted by atomic mass is 10.2. The fourth-order valence-corrected chi connectivity index (χ4v) is 2.62. The fourth-order valence-electron chi connectivity index (χ4n) is 2.46. The van der Waals surface area contributed by atoms with Gasteiger partial charge in [-0.05, 0) is 44.0 Å². The molecule has 138 valence electrons. The summed E-state index contributed by atoms with van der Waals surface area (Å²) in [5.41, 5.74) is -0.853. The number of halogens is 4. The van der Waals surface area contributed by atoms with Crippen LogP contribution in [0.15, 0.2) is 35.1 Å². The van der Waals surface area contributed by atoms with Gasteiger partial charge in [0.15, 0.2) is 0 Å². The quantitative estimate of drug-likeness (QED) is 0.865. The van der Waals surface area contributed by atoms with E-state index in [1.807, 2.05) is 0 Å². The number of alkyl halides is 3. The largest absolute Gasteiger partial charge is 0.416 e. The zero-order valence-electron chi connectivity index (χ0n) is 13.7. The molecule has 26 heavy (non-hydrogen) atoms. The minimum atomic E-state index is -4.56. The lowest BCUT2D eigenvalue weighted by Crippen LogP contribution is -2.33. The van der Waals surface area contributed by atoms with Gasteiger partial charge in [0.1, 0.15) is 6.04 Å². The molecule has 1 fully saturated rings. The van der Waals surface area contributed by atoms with E-state index in [0.29, 0.717) is 0 Å². The van der Waals surface area contributed by atoms with Crippen molar-refractivity contribution in [3.8, 4) is 0 Å². The highest BCUT2D eigenvalue weighted by atomic mass is 35.5. The smallest absolute Gasteiger partial charge is 0.323 e. The highest BCUT2D eigenvalue weighted by Crippen LogP contribution is 2.38. The molecule has 1 aliphatic rings. The molecular weight excluding hydrogens is 371 g/mol. The average molecular weight is 386 g/mol. The van der Waals surface area contributed by atoms with E-state index in [1.54, 1.807) is 6.07 Å². The molecular formula is C17H15ClF3N3O2. The van der Waals surface area contributed by atoms with Gasteiger partial charge in [-0.1, -0.05) is 11.6 Å². The average Bonchev–Trinajstić information content (AvgIpc) is 3.40. The predicted molar refractivity (Wildman–Crippen MR) is 90.3 cm³/mol. The summed E-state index contributed by atoms with van der Waals surface area (Å²) in [6.45, 7) is 1.45. The molecule has 5 nitrogen and oxygen atoms in total. The van der Waals surface area contributed by atoms with Crippen molar-refractivity contribution < 1.29 is 18.0 Å². The maximum Gasteiger partial charge on any atom is 0.416 e. The van der Waals surface area contributed by atoms with Crippen LogP contribution in [0.1, 0.15) is 43.0 Å². The van der Waals surface area contributed by atoms with Crippen molar-refractivity contribution in [3.05, 3.63) is 57.0 Å². The number of anilines is 1. The molecule has 1 aromatic carbocycles. The van der Waals surface area contributed by atoms with Gasteiger partial charge in [-0.15, -0.1) is 0 Å². The van der Waals surface area contributed by atoms with E-state index in [1.165, 1.54) is 13.0 Å². The van der Waals surface area contributed by atoms with Crippen molar-refractivity contribution >= 4 is 23.2 Å². The van der Waals surface area contributed by atoms with Gasteiger partial charge in [0, 0.05) is 12.0 Å². The van der Waals surface area contributed by atoms with Crippen LogP contribution in [-0.4, -0.2) is 15.7 Å². The number of rotatable bonds is 4. The molecule has 1 amide bonds. The number of nitrogens with zero attached hydrogens (tertiary/aromatic N) is 2. The van der Waals surface area contributed by atoms with Crippen molar-refractivity contribution in [3.63, 3.8) is 0 Å². The summed E-state index contributed by atoms with van der Waals surface area (Å²) in [4.78, 5) is 24.4. The Balaban J connectivity index is 1.84. The molecule has 1 saturated carbocycles. The first-order chi connectivity index (χ1) is 12.2. The molecule has 0 aliphatic heterocycles. The Labute approximate surface area is 151 Å².